The van der Waals surface area contributed by atoms with Gasteiger partial charge in [0.05, 0.1) is 29.8 Å². The predicted molar refractivity (Wildman–Crippen MR) is 91.1 cm³/mol. The third kappa shape index (κ3) is 4.58. The maximum atomic E-state index is 12.4. The van der Waals surface area contributed by atoms with E-state index in [1.165, 1.54) is 6.20 Å². The molecular weight excluding hydrogens is 330 g/mol. The van der Waals surface area contributed by atoms with Crippen LogP contribution in [-0.2, 0) is 10.3 Å². The van der Waals surface area contributed by atoms with Crippen LogP contribution in [0.25, 0.3) is 0 Å². The Kier molecular flexibility index (Phi) is 5.29. The van der Waals surface area contributed by atoms with Crippen molar-refractivity contribution in [1.29, 1.82) is 0 Å². The molecule has 1 heterocycles. The van der Waals surface area contributed by atoms with E-state index in [1.54, 1.807) is 35.1 Å². The highest BCUT2D eigenvalue weighted by molar-refractivity contribution is 6.30. The zero-order valence-corrected chi connectivity index (χ0v) is 14.5. The first-order valence-electron chi connectivity index (χ1n) is 7.50. The van der Waals surface area contributed by atoms with Crippen LogP contribution in [0.4, 0.5) is 0 Å². The fraction of sp³-hybridized carbons (Fsp3) is 0.353. The minimum Gasteiger partial charge on any atom is -0.481 e. The summed E-state index contributed by atoms with van der Waals surface area (Å²) in [5.41, 5.74) is 0.822. The first-order valence-corrected chi connectivity index (χ1v) is 7.88. The van der Waals surface area contributed by atoms with Crippen LogP contribution in [0.1, 0.15) is 49.2 Å². The molecule has 0 aliphatic rings. The molecule has 0 unspecified atom stereocenters. The van der Waals surface area contributed by atoms with Gasteiger partial charge < -0.3 is 10.4 Å². The van der Waals surface area contributed by atoms with Gasteiger partial charge in [0.15, 0.2) is 0 Å². The Bertz CT molecular complexity index is 732. The van der Waals surface area contributed by atoms with E-state index in [2.05, 4.69) is 10.4 Å². The van der Waals surface area contributed by atoms with E-state index >= 15 is 0 Å². The Morgan fingerprint density at radius 1 is 1.29 bits per heavy atom. The number of nitrogens with zero attached hydrogens (tertiary/aromatic N) is 2. The summed E-state index contributed by atoms with van der Waals surface area (Å²) >= 11 is 5.85. The molecule has 2 aromatic rings. The Hall–Kier alpha value is -2.34. The summed E-state index contributed by atoms with van der Waals surface area (Å²) in [6, 6.07) is 6.08. The number of carboxylic acids is 1. The predicted octanol–water partition coefficient (Wildman–Crippen LogP) is 3.24. The normalized spacial score (nSPS) is 12.7. The zero-order chi connectivity index (χ0) is 17.9. The highest BCUT2D eigenvalue weighted by Crippen LogP contribution is 2.20. The van der Waals surface area contributed by atoms with Gasteiger partial charge in [-0.15, -0.1) is 0 Å². The fourth-order valence-corrected chi connectivity index (χ4v) is 2.30. The molecule has 0 radical (unpaired) electrons. The molecule has 1 aromatic heterocycles. The van der Waals surface area contributed by atoms with Crippen molar-refractivity contribution in [2.45, 2.75) is 38.8 Å². The SMILES string of the molecule is CC(C)(C)n1cc(C(=O)N[C@@H](CC(=O)O)c2ccc(Cl)cc2)cn1. The van der Waals surface area contributed by atoms with Gasteiger partial charge in [0.25, 0.3) is 5.91 Å². The van der Waals surface area contributed by atoms with E-state index < -0.39 is 12.0 Å². The molecule has 0 bridgehead atoms. The lowest BCUT2D eigenvalue weighted by atomic mass is 10.0. The molecule has 0 saturated heterocycles. The van der Waals surface area contributed by atoms with Crippen molar-refractivity contribution >= 4 is 23.5 Å². The molecule has 2 rings (SSSR count). The highest BCUT2D eigenvalue weighted by atomic mass is 35.5. The Morgan fingerprint density at radius 2 is 1.92 bits per heavy atom. The standard InChI is InChI=1S/C17H20ClN3O3/c1-17(2,3)21-10-12(9-19-21)16(24)20-14(8-15(22)23)11-4-6-13(18)7-5-11/h4-7,9-10,14H,8H2,1-3H3,(H,20,24)(H,22,23)/t14-/m0/s1. The summed E-state index contributed by atoms with van der Waals surface area (Å²) in [6.07, 6.45) is 2.90. The number of carbonyl (C=O) groups is 2. The molecule has 1 atom stereocenters. The number of carbonyl (C=O) groups excluding carboxylic acids is 1. The molecule has 1 aromatic carbocycles. The van der Waals surface area contributed by atoms with Crippen molar-refractivity contribution in [3.05, 3.63) is 52.8 Å². The molecule has 0 fully saturated rings. The van der Waals surface area contributed by atoms with Gasteiger partial charge in [0.1, 0.15) is 0 Å². The van der Waals surface area contributed by atoms with Gasteiger partial charge in [0.2, 0.25) is 0 Å². The second-order valence-electron chi connectivity index (χ2n) is 6.52. The smallest absolute Gasteiger partial charge is 0.305 e. The molecule has 0 saturated carbocycles. The number of hydrogen-bond donors (Lipinski definition) is 2. The average Bonchev–Trinajstić information content (AvgIpc) is 2.97. The molecule has 2 N–H and O–H groups in total. The molecule has 7 heteroatoms. The van der Waals surface area contributed by atoms with E-state index in [0.29, 0.717) is 16.1 Å². The van der Waals surface area contributed by atoms with Crippen molar-refractivity contribution in [2.24, 2.45) is 0 Å². The number of amides is 1. The average molecular weight is 350 g/mol. The molecule has 24 heavy (non-hydrogen) atoms. The number of carboxylic acid groups (broad SMARTS) is 1. The first-order chi connectivity index (χ1) is 11.2. The maximum Gasteiger partial charge on any atom is 0.305 e. The third-order valence-corrected chi connectivity index (χ3v) is 3.74. The molecule has 0 aliphatic carbocycles. The van der Waals surface area contributed by atoms with Crippen molar-refractivity contribution in [3.8, 4) is 0 Å². The van der Waals surface area contributed by atoms with Crippen molar-refractivity contribution < 1.29 is 14.7 Å². The van der Waals surface area contributed by atoms with Crippen LogP contribution in [0.15, 0.2) is 36.7 Å². The van der Waals surface area contributed by atoms with E-state index in [0.717, 1.165) is 0 Å². The summed E-state index contributed by atoms with van der Waals surface area (Å²) in [7, 11) is 0. The molecule has 128 valence electrons. The van der Waals surface area contributed by atoms with Gasteiger partial charge in [-0.1, -0.05) is 23.7 Å². The van der Waals surface area contributed by atoms with Gasteiger partial charge in [-0.3, -0.25) is 14.3 Å². The largest absolute Gasteiger partial charge is 0.481 e. The third-order valence-electron chi connectivity index (χ3n) is 3.49. The van der Waals surface area contributed by atoms with Crippen molar-refractivity contribution in [3.63, 3.8) is 0 Å². The highest BCUT2D eigenvalue weighted by Gasteiger charge is 2.21. The molecule has 1 amide bonds. The summed E-state index contributed by atoms with van der Waals surface area (Å²) < 4.78 is 1.69. The second kappa shape index (κ2) is 7.05. The van der Waals surface area contributed by atoms with Gasteiger partial charge >= 0.3 is 5.97 Å². The molecule has 0 spiro atoms. The van der Waals surface area contributed by atoms with Gasteiger partial charge in [-0.2, -0.15) is 5.10 Å². The number of hydrogen-bond acceptors (Lipinski definition) is 3. The number of aliphatic carboxylic acids is 1. The zero-order valence-electron chi connectivity index (χ0n) is 13.8. The lowest BCUT2D eigenvalue weighted by Crippen LogP contribution is -2.30. The maximum absolute atomic E-state index is 12.4. The van der Waals surface area contributed by atoms with Crippen LogP contribution < -0.4 is 5.32 Å². The number of rotatable bonds is 5. The van der Waals surface area contributed by atoms with Gasteiger partial charge in [-0.25, -0.2) is 0 Å². The minimum absolute atomic E-state index is 0.221. The van der Waals surface area contributed by atoms with Crippen LogP contribution in [0.5, 0.6) is 0 Å². The minimum atomic E-state index is -0.999. The topological polar surface area (TPSA) is 84.2 Å². The Morgan fingerprint density at radius 3 is 2.42 bits per heavy atom. The summed E-state index contributed by atoms with van der Waals surface area (Å²) in [4.78, 5) is 23.5. The molecule has 0 aliphatic heterocycles. The van der Waals surface area contributed by atoms with Crippen LogP contribution >= 0.6 is 11.6 Å². The van der Waals surface area contributed by atoms with E-state index in [9.17, 15) is 9.59 Å². The van der Waals surface area contributed by atoms with Crippen molar-refractivity contribution in [2.75, 3.05) is 0 Å². The summed E-state index contributed by atoms with van der Waals surface area (Å²) in [6.45, 7) is 5.92. The Labute approximate surface area is 145 Å². The lowest BCUT2D eigenvalue weighted by molar-refractivity contribution is -0.137. The van der Waals surface area contributed by atoms with Crippen LogP contribution in [-0.4, -0.2) is 26.8 Å². The number of halogens is 1. The number of benzene rings is 1. The van der Waals surface area contributed by atoms with E-state index in [4.69, 9.17) is 16.7 Å². The lowest BCUT2D eigenvalue weighted by Gasteiger charge is -2.19. The van der Waals surface area contributed by atoms with Crippen LogP contribution in [0.3, 0.4) is 0 Å². The van der Waals surface area contributed by atoms with Crippen LogP contribution in [0, 0.1) is 0 Å². The second-order valence-corrected chi connectivity index (χ2v) is 6.96. The van der Waals surface area contributed by atoms with Gasteiger partial charge in [0, 0.05) is 11.2 Å². The molecule has 6 nitrogen and oxygen atoms in total. The first kappa shape index (κ1) is 18.0. The summed E-state index contributed by atoms with van der Waals surface area (Å²) in [5.74, 6) is -1.37. The van der Waals surface area contributed by atoms with Crippen molar-refractivity contribution in [1.82, 2.24) is 15.1 Å². The van der Waals surface area contributed by atoms with Gasteiger partial charge in [-0.05, 0) is 38.5 Å². The van der Waals surface area contributed by atoms with E-state index in [-0.39, 0.29) is 17.9 Å². The quantitative estimate of drug-likeness (QED) is 0.867. The Balaban J connectivity index is 2.19. The summed E-state index contributed by atoms with van der Waals surface area (Å²) in [5, 5.41) is 16.6. The number of aromatic nitrogens is 2. The van der Waals surface area contributed by atoms with Crippen LogP contribution in [0.2, 0.25) is 5.02 Å². The number of nitrogens with one attached hydrogen (secondary N) is 1. The monoisotopic (exact) mass is 349 g/mol. The van der Waals surface area contributed by atoms with E-state index in [1.807, 2.05) is 20.8 Å². The fourth-order valence-electron chi connectivity index (χ4n) is 2.17. The molecular formula is C17H20ClN3O3.